The fraction of sp³-hybridized carbons (Fsp3) is 0.222. The number of pyridine rings is 1. The fourth-order valence-electron chi connectivity index (χ4n) is 4.31. The van der Waals surface area contributed by atoms with Crippen LogP contribution in [-0.2, 0) is 9.59 Å². The number of anilines is 2. The van der Waals surface area contributed by atoms with E-state index in [2.05, 4.69) is 23.7 Å². The van der Waals surface area contributed by atoms with Crippen molar-refractivity contribution in [3.8, 4) is 0 Å². The van der Waals surface area contributed by atoms with E-state index in [1.54, 1.807) is 24.5 Å². The molecule has 6 nitrogen and oxygen atoms in total. The van der Waals surface area contributed by atoms with Crippen molar-refractivity contribution in [1.29, 1.82) is 0 Å². The number of aliphatic hydroxyl groups excluding tert-OH is 1. The molecule has 0 aliphatic carbocycles. The zero-order chi connectivity index (χ0) is 23.5. The molecule has 1 aliphatic rings. The zero-order valence-electron chi connectivity index (χ0n) is 19.0. The molecule has 0 spiro atoms. The molecular weight excluding hydrogens is 414 g/mol. The molecular formula is C27H27N3O3. The van der Waals surface area contributed by atoms with Gasteiger partial charge in [0.05, 0.1) is 11.6 Å². The maximum absolute atomic E-state index is 13.2. The molecule has 1 aliphatic heterocycles. The lowest BCUT2D eigenvalue weighted by Gasteiger charge is -2.27. The summed E-state index contributed by atoms with van der Waals surface area (Å²) in [5, 5.41) is 11.1. The maximum Gasteiger partial charge on any atom is 0.300 e. The van der Waals surface area contributed by atoms with Gasteiger partial charge >= 0.3 is 0 Å². The highest BCUT2D eigenvalue weighted by Gasteiger charge is 2.47. The predicted molar refractivity (Wildman–Crippen MR) is 130 cm³/mol. The second-order valence-corrected chi connectivity index (χ2v) is 8.01. The molecule has 33 heavy (non-hydrogen) atoms. The Hall–Kier alpha value is -3.93. The van der Waals surface area contributed by atoms with Gasteiger partial charge in [-0.15, -0.1) is 0 Å². The maximum atomic E-state index is 13.2. The number of hydrogen-bond donors (Lipinski definition) is 1. The van der Waals surface area contributed by atoms with Crippen molar-refractivity contribution in [1.82, 2.24) is 4.98 Å². The van der Waals surface area contributed by atoms with Crippen LogP contribution < -0.4 is 9.80 Å². The number of aryl methyl sites for hydroxylation is 1. The molecule has 4 rings (SSSR count). The molecule has 2 heterocycles. The van der Waals surface area contributed by atoms with Gasteiger partial charge in [-0.05, 0) is 68.3 Å². The quantitative estimate of drug-likeness (QED) is 0.336. The van der Waals surface area contributed by atoms with E-state index in [4.69, 9.17) is 0 Å². The largest absolute Gasteiger partial charge is 0.507 e. The third-order valence-corrected chi connectivity index (χ3v) is 6.02. The molecule has 2 aromatic carbocycles. The van der Waals surface area contributed by atoms with Crippen LogP contribution in [0.15, 0.2) is 78.6 Å². The molecule has 6 heteroatoms. The number of nitrogens with zero attached hydrogens (tertiary/aromatic N) is 3. The van der Waals surface area contributed by atoms with E-state index in [-0.39, 0.29) is 11.3 Å². The third-order valence-electron chi connectivity index (χ3n) is 6.02. The molecule has 1 N–H and O–H groups in total. The number of hydrogen-bond acceptors (Lipinski definition) is 5. The fourth-order valence-corrected chi connectivity index (χ4v) is 4.31. The molecule has 1 unspecified atom stereocenters. The first-order valence-electron chi connectivity index (χ1n) is 11.1. The predicted octanol–water partition coefficient (Wildman–Crippen LogP) is 4.86. The summed E-state index contributed by atoms with van der Waals surface area (Å²) in [6.07, 6.45) is 3.08. The summed E-state index contributed by atoms with van der Waals surface area (Å²) in [6.45, 7) is 7.88. The first-order valence-corrected chi connectivity index (χ1v) is 11.1. The number of amides is 1. The minimum absolute atomic E-state index is 0.0725. The number of carbonyl (C=O) groups is 2. The van der Waals surface area contributed by atoms with E-state index in [1.165, 1.54) is 4.90 Å². The number of aromatic nitrogens is 1. The van der Waals surface area contributed by atoms with Gasteiger partial charge < -0.3 is 10.0 Å². The van der Waals surface area contributed by atoms with Gasteiger partial charge in [0.15, 0.2) is 0 Å². The van der Waals surface area contributed by atoms with Crippen molar-refractivity contribution < 1.29 is 14.7 Å². The van der Waals surface area contributed by atoms with E-state index >= 15 is 0 Å². The van der Waals surface area contributed by atoms with Crippen molar-refractivity contribution in [2.24, 2.45) is 0 Å². The van der Waals surface area contributed by atoms with Gasteiger partial charge in [0, 0.05) is 42.4 Å². The lowest BCUT2D eigenvalue weighted by molar-refractivity contribution is -0.132. The van der Waals surface area contributed by atoms with E-state index < -0.39 is 17.7 Å². The molecule has 0 saturated carbocycles. The Morgan fingerprint density at radius 2 is 1.67 bits per heavy atom. The highest BCUT2D eigenvalue weighted by molar-refractivity contribution is 6.51. The molecule has 1 saturated heterocycles. The van der Waals surface area contributed by atoms with Crippen molar-refractivity contribution in [3.05, 3.63) is 95.3 Å². The van der Waals surface area contributed by atoms with Gasteiger partial charge in [-0.2, -0.15) is 0 Å². The summed E-state index contributed by atoms with van der Waals surface area (Å²) in [7, 11) is 0. The molecule has 0 bridgehead atoms. The number of aliphatic hydroxyl groups is 1. The van der Waals surface area contributed by atoms with E-state index in [0.717, 1.165) is 29.9 Å². The van der Waals surface area contributed by atoms with Crippen molar-refractivity contribution in [3.63, 3.8) is 0 Å². The second-order valence-electron chi connectivity index (χ2n) is 8.01. The average molecular weight is 442 g/mol. The highest BCUT2D eigenvalue weighted by atomic mass is 16.3. The summed E-state index contributed by atoms with van der Waals surface area (Å²) >= 11 is 0. The van der Waals surface area contributed by atoms with E-state index in [0.29, 0.717) is 11.3 Å². The SMILES string of the molecule is CCN(CC)c1ccc(C2/C(=C(\O)c3ccncc3)C(=O)C(=O)N2c2cccc(C)c2)cc1. The Bertz CT molecular complexity index is 1200. The smallest absolute Gasteiger partial charge is 0.300 e. The Balaban J connectivity index is 1.89. The van der Waals surface area contributed by atoms with Gasteiger partial charge in [0.25, 0.3) is 11.7 Å². The number of Topliss-reactive ketones (excluding diaryl/α,β-unsaturated/α-hetero) is 1. The molecule has 1 aromatic heterocycles. The van der Waals surface area contributed by atoms with Gasteiger partial charge in [-0.1, -0.05) is 24.3 Å². The Morgan fingerprint density at radius 3 is 2.27 bits per heavy atom. The summed E-state index contributed by atoms with van der Waals surface area (Å²) in [4.78, 5) is 34.1. The number of ketones is 1. The average Bonchev–Trinajstić information content (AvgIpc) is 3.11. The van der Waals surface area contributed by atoms with Crippen LogP contribution in [0.5, 0.6) is 0 Å². The lowest BCUT2D eigenvalue weighted by atomic mass is 9.95. The molecule has 1 fully saturated rings. The monoisotopic (exact) mass is 441 g/mol. The third kappa shape index (κ3) is 4.12. The Kier molecular flexibility index (Phi) is 6.27. The van der Waals surface area contributed by atoms with E-state index in [1.807, 2.05) is 55.5 Å². The van der Waals surface area contributed by atoms with E-state index in [9.17, 15) is 14.7 Å². The minimum atomic E-state index is -0.745. The van der Waals surface area contributed by atoms with Gasteiger partial charge in [0.2, 0.25) is 0 Å². The number of benzene rings is 2. The number of rotatable bonds is 6. The molecule has 168 valence electrons. The minimum Gasteiger partial charge on any atom is -0.507 e. The molecule has 0 radical (unpaired) electrons. The van der Waals surface area contributed by atoms with Crippen molar-refractivity contribution >= 4 is 28.8 Å². The van der Waals surface area contributed by atoms with Crippen LogP contribution in [0.3, 0.4) is 0 Å². The van der Waals surface area contributed by atoms with Crippen LogP contribution in [0.2, 0.25) is 0 Å². The van der Waals surface area contributed by atoms with Crippen LogP contribution >= 0.6 is 0 Å². The van der Waals surface area contributed by atoms with Crippen LogP contribution in [0, 0.1) is 6.92 Å². The summed E-state index contributed by atoms with van der Waals surface area (Å²) in [5.41, 5.74) is 3.91. The Morgan fingerprint density at radius 1 is 1.00 bits per heavy atom. The molecule has 1 atom stereocenters. The van der Waals surface area contributed by atoms with Gasteiger partial charge in [-0.3, -0.25) is 19.5 Å². The first kappa shape index (κ1) is 22.3. The first-order chi connectivity index (χ1) is 16.0. The van der Waals surface area contributed by atoms with Crippen LogP contribution in [0.1, 0.15) is 36.6 Å². The van der Waals surface area contributed by atoms with Crippen LogP contribution in [-0.4, -0.2) is 34.9 Å². The summed E-state index contributed by atoms with van der Waals surface area (Å²) in [5.74, 6) is -1.57. The highest BCUT2D eigenvalue weighted by Crippen LogP contribution is 2.42. The molecule has 1 amide bonds. The summed E-state index contributed by atoms with van der Waals surface area (Å²) in [6, 6.07) is 17.8. The standard InChI is InChI=1S/C27H27N3O3/c1-4-29(5-2)21-11-9-19(10-12-21)24-23(25(31)20-13-15-28-16-14-20)26(32)27(33)30(24)22-8-6-7-18(3)17-22/h6-17,24,31H,4-5H2,1-3H3/b25-23+. The topological polar surface area (TPSA) is 73.7 Å². The number of carbonyl (C=O) groups excluding carboxylic acids is 2. The summed E-state index contributed by atoms with van der Waals surface area (Å²) < 4.78 is 0. The second kappa shape index (κ2) is 9.28. The Labute approximate surface area is 193 Å². The van der Waals surface area contributed by atoms with Gasteiger partial charge in [-0.25, -0.2) is 0 Å². The molecule has 3 aromatic rings. The van der Waals surface area contributed by atoms with Crippen LogP contribution in [0.25, 0.3) is 5.76 Å². The van der Waals surface area contributed by atoms with Crippen LogP contribution in [0.4, 0.5) is 11.4 Å². The lowest BCUT2D eigenvalue weighted by Crippen LogP contribution is -2.29. The zero-order valence-corrected chi connectivity index (χ0v) is 19.0. The van der Waals surface area contributed by atoms with Gasteiger partial charge in [0.1, 0.15) is 5.76 Å². The van der Waals surface area contributed by atoms with Crippen molar-refractivity contribution in [2.45, 2.75) is 26.8 Å². The normalized spacial score (nSPS) is 17.4. The van der Waals surface area contributed by atoms with Crippen molar-refractivity contribution in [2.75, 3.05) is 22.9 Å².